The predicted molar refractivity (Wildman–Crippen MR) is 53.9 cm³/mol. The van der Waals surface area contributed by atoms with Gasteiger partial charge < -0.3 is 10.3 Å². The van der Waals surface area contributed by atoms with Gasteiger partial charge in [0.1, 0.15) is 0 Å². The second-order valence-electron chi connectivity index (χ2n) is 3.45. The standard InChI is InChI=1S/C10H8F3N3O/c1-5-15-9(17-16-5)7-4-6(10(11,12)13)2-3-8(7)14/h2-4H,14H2,1H3. The Hall–Kier alpha value is -2.05. The molecule has 1 aromatic heterocycles. The van der Waals surface area contributed by atoms with Gasteiger partial charge in [0, 0.05) is 5.69 Å². The molecule has 0 bridgehead atoms. The Morgan fingerprint density at radius 2 is 2.00 bits per heavy atom. The van der Waals surface area contributed by atoms with E-state index in [-0.39, 0.29) is 17.1 Å². The van der Waals surface area contributed by atoms with Gasteiger partial charge in [0.25, 0.3) is 5.89 Å². The zero-order valence-corrected chi connectivity index (χ0v) is 8.75. The number of nitrogen functional groups attached to an aromatic ring is 1. The van der Waals surface area contributed by atoms with Crippen molar-refractivity contribution >= 4 is 5.69 Å². The number of anilines is 1. The van der Waals surface area contributed by atoms with Gasteiger partial charge >= 0.3 is 6.18 Å². The molecule has 17 heavy (non-hydrogen) atoms. The largest absolute Gasteiger partial charge is 0.416 e. The molecule has 0 spiro atoms. The summed E-state index contributed by atoms with van der Waals surface area (Å²) in [4.78, 5) is 3.84. The number of benzene rings is 1. The van der Waals surface area contributed by atoms with Gasteiger partial charge in [-0.25, -0.2) is 0 Å². The highest BCUT2D eigenvalue weighted by atomic mass is 19.4. The second-order valence-corrected chi connectivity index (χ2v) is 3.45. The van der Waals surface area contributed by atoms with Gasteiger partial charge in [-0.2, -0.15) is 18.2 Å². The van der Waals surface area contributed by atoms with Gasteiger partial charge in [0.15, 0.2) is 5.82 Å². The number of hydrogen-bond acceptors (Lipinski definition) is 4. The quantitative estimate of drug-likeness (QED) is 0.782. The molecule has 0 saturated carbocycles. The fourth-order valence-corrected chi connectivity index (χ4v) is 1.32. The number of alkyl halides is 3. The number of aryl methyl sites for hydroxylation is 1. The second kappa shape index (κ2) is 3.76. The van der Waals surface area contributed by atoms with Crippen molar-refractivity contribution < 1.29 is 17.7 Å². The number of hydrogen-bond donors (Lipinski definition) is 1. The molecule has 0 aliphatic heterocycles. The lowest BCUT2D eigenvalue weighted by atomic mass is 10.1. The van der Waals surface area contributed by atoms with Gasteiger partial charge in [0.2, 0.25) is 0 Å². The van der Waals surface area contributed by atoms with Crippen LogP contribution in [0.3, 0.4) is 0 Å². The van der Waals surface area contributed by atoms with Crippen LogP contribution in [0.2, 0.25) is 0 Å². The fourth-order valence-electron chi connectivity index (χ4n) is 1.32. The van der Waals surface area contributed by atoms with E-state index in [2.05, 4.69) is 10.1 Å². The highest BCUT2D eigenvalue weighted by molar-refractivity contribution is 5.71. The zero-order chi connectivity index (χ0) is 12.6. The average molecular weight is 243 g/mol. The number of rotatable bonds is 1. The van der Waals surface area contributed by atoms with E-state index in [0.717, 1.165) is 18.2 Å². The third kappa shape index (κ3) is 2.22. The summed E-state index contributed by atoms with van der Waals surface area (Å²) >= 11 is 0. The Bertz CT molecular complexity index is 548. The molecule has 4 nitrogen and oxygen atoms in total. The van der Waals surface area contributed by atoms with E-state index in [1.165, 1.54) is 0 Å². The molecule has 0 aliphatic carbocycles. The number of nitrogens with two attached hydrogens (primary N) is 1. The maximum Gasteiger partial charge on any atom is 0.416 e. The minimum atomic E-state index is -4.43. The molecule has 0 amide bonds. The number of halogens is 3. The van der Waals surface area contributed by atoms with Gasteiger partial charge in [0.05, 0.1) is 11.1 Å². The van der Waals surface area contributed by atoms with Crippen molar-refractivity contribution in [1.82, 2.24) is 10.1 Å². The Kier molecular flexibility index (Phi) is 2.53. The molecule has 1 heterocycles. The molecule has 2 aromatic rings. The van der Waals surface area contributed by atoms with Gasteiger partial charge in [-0.3, -0.25) is 0 Å². The highest BCUT2D eigenvalue weighted by Gasteiger charge is 2.31. The van der Waals surface area contributed by atoms with E-state index in [0.29, 0.717) is 5.82 Å². The minimum absolute atomic E-state index is 0.0221. The SMILES string of the molecule is Cc1noc(-c2cc(C(F)(F)F)ccc2N)n1. The molecule has 0 saturated heterocycles. The Labute approximate surface area is 94.2 Å². The molecule has 0 fully saturated rings. The topological polar surface area (TPSA) is 64.9 Å². The first-order chi connectivity index (χ1) is 7.88. The molecule has 90 valence electrons. The van der Waals surface area contributed by atoms with Crippen molar-refractivity contribution in [2.24, 2.45) is 0 Å². The van der Waals surface area contributed by atoms with Crippen molar-refractivity contribution in [2.75, 3.05) is 5.73 Å². The van der Waals surface area contributed by atoms with Crippen LogP contribution in [0.25, 0.3) is 11.5 Å². The highest BCUT2D eigenvalue weighted by Crippen LogP contribution is 2.34. The van der Waals surface area contributed by atoms with Crippen LogP contribution < -0.4 is 5.73 Å². The van der Waals surface area contributed by atoms with Crippen molar-refractivity contribution in [3.05, 3.63) is 29.6 Å². The summed E-state index contributed by atoms with van der Waals surface area (Å²) in [5.74, 6) is 0.308. The van der Waals surface area contributed by atoms with E-state index in [9.17, 15) is 13.2 Å². The lowest BCUT2D eigenvalue weighted by Gasteiger charge is -2.08. The van der Waals surface area contributed by atoms with E-state index in [1.807, 2.05) is 0 Å². The smallest absolute Gasteiger partial charge is 0.398 e. The fraction of sp³-hybridized carbons (Fsp3) is 0.200. The monoisotopic (exact) mass is 243 g/mol. The van der Waals surface area contributed by atoms with Crippen LogP contribution in [0.5, 0.6) is 0 Å². The van der Waals surface area contributed by atoms with Crippen molar-refractivity contribution in [3.63, 3.8) is 0 Å². The van der Waals surface area contributed by atoms with E-state index in [1.54, 1.807) is 6.92 Å². The molecular formula is C10H8F3N3O. The van der Waals surface area contributed by atoms with E-state index in [4.69, 9.17) is 10.3 Å². The molecular weight excluding hydrogens is 235 g/mol. The lowest BCUT2D eigenvalue weighted by molar-refractivity contribution is -0.137. The summed E-state index contributed by atoms with van der Waals surface area (Å²) in [6.07, 6.45) is -4.43. The van der Waals surface area contributed by atoms with Crippen LogP contribution >= 0.6 is 0 Å². The predicted octanol–water partition coefficient (Wildman–Crippen LogP) is 2.65. The van der Waals surface area contributed by atoms with Crippen molar-refractivity contribution in [2.45, 2.75) is 13.1 Å². The summed E-state index contributed by atoms with van der Waals surface area (Å²) in [5.41, 5.74) is 5.01. The summed E-state index contributed by atoms with van der Waals surface area (Å²) in [5, 5.41) is 3.50. The van der Waals surface area contributed by atoms with Crippen LogP contribution in [0, 0.1) is 6.92 Å². The summed E-state index contributed by atoms with van der Waals surface area (Å²) in [6.45, 7) is 1.57. The normalized spacial score (nSPS) is 11.8. The van der Waals surface area contributed by atoms with Gasteiger partial charge in [-0.1, -0.05) is 5.16 Å². The zero-order valence-electron chi connectivity index (χ0n) is 8.75. The van der Waals surface area contributed by atoms with Crippen LogP contribution in [0.4, 0.5) is 18.9 Å². The van der Waals surface area contributed by atoms with Gasteiger partial charge in [-0.05, 0) is 25.1 Å². The molecule has 0 atom stereocenters. The maximum absolute atomic E-state index is 12.5. The van der Waals surface area contributed by atoms with E-state index < -0.39 is 11.7 Å². The first kappa shape index (κ1) is 11.4. The summed E-state index contributed by atoms with van der Waals surface area (Å²) in [7, 11) is 0. The molecule has 2 rings (SSSR count). The first-order valence-corrected chi connectivity index (χ1v) is 4.65. The Balaban J connectivity index is 2.54. The first-order valence-electron chi connectivity index (χ1n) is 4.65. The minimum Gasteiger partial charge on any atom is -0.398 e. The summed E-state index contributed by atoms with van der Waals surface area (Å²) < 4.78 is 42.3. The Morgan fingerprint density at radius 3 is 2.53 bits per heavy atom. The molecule has 0 radical (unpaired) electrons. The average Bonchev–Trinajstić information content (AvgIpc) is 2.63. The molecule has 2 N–H and O–H groups in total. The van der Waals surface area contributed by atoms with Crippen LogP contribution in [-0.2, 0) is 6.18 Å². The van der Waals surface area contributed by atoms with Crippen LogP contribution in [0.1, 0.15) is 11.4 Å². The van der Waals surface area contributed by atoms with E-state index >= 15 is 0 Å². The number of aromatic nitrogens is 2. The summed E-state index contributed by atoms with van der Waals surface area (Å²) in [6, 6.07) is 2.96. The Morgan fingerprint density at radius 1 is 1.29 bits per heavy atom. The third-order valence-electron chi connectivity index (χ3n) is 2.14. The molecule has 1 aromatic carbocycles. The van der Waals surface area contributed by atoms with Crippen molar-refractivity contribution in [3.8, 4) is 11.5 Å². The number of nitrogens with zero attached hydrogens (tertiary/aromatic N) is 2. The molecule has 0 aliphatic rings. The van der Waals surface area contributed by atoms with Crippen LogP contribution in [0.15, 0.2) is 22.7 Å². The van der Waals surface area contributed by atoms with Gasteiger partial charge in [-0.15, -0.1) is 0 Å². The molecule has 0 unspecified atom stereocenters. The van der Waals surface area contributed by atoms with Crippen molar-refractivity contribution in [1.29, 1.82) is 0 Å². The third-order valence-corrected chi connectivity index (χ3v) is 2.14. The molecule has 7 heteroatoms. The maximum atomic E-state index is 12.5. The lowest BCUT2D eigenvalue weighted by Crippen LogP contribution is -2.05. The van der Waals surface area contributed by atoms with Crippen LogP contribution in [-0.4, -0.2) is 10.1 Å².